The zero-order valence-electron chi connectivity index (χ0n) is 15.5. The van der Waals surface area contributed by atoms with Crippen LogP contribution in [-0.4, -0.2) is 43.5 Å². The first-order chi connectivity index (χ1) is 13.0. The Morgan fingerprint density at radius 1 is 1.07 bits per heavy atom. The predicted octanol–water partition coefficient (Wildman–Crippen LogP) is 2.93. The summed E-state index contributed by atoms with van der Waals surface area (Å²) in [4.78, 5) is 26.2. The van der Waals surface area contributed by atoms with Crippen LogP contribution in [0.5, 0.6) is 5.75 Å². The van der Waals surface area contributed by atoms with Crippen LogP contribution in [-0.2, 0) is 16.1 Å². The van der Waals surface area contributed by atoms with Crippen LogP contribution in [0.3, 0.4) is 0 Å². The number of nitrogens with one attached hydrogen (secondary N) is 2. The van der Waals surface area contributed by atoms with Crippen LogP contribution >= 0.6 is 11.6 Å². The van der Waals surface area contributed by atoms with Crippen molar-refractivity contribution in [2.75, 3.05) is 32.1 Å². The van der Waals surface area contributed by atoms with E-state index in [1.54, 1.807) is 48.4 Å². The van der Waals surface area contributed by atoms with Crippen molar-refractivity contribution in [2.45, 2.75) is 13.5 Å². The van der Waals surface area contributed by atoms with Crippen molar-refractivity contribution in [3.05, 3.63) is 59.1 Å². The third-order valence-electron chi connectivity index (χ3n) is 3.91. The van der Waals surface area contributed by atoms with Crippen LogP contribution in [0.2, 0.25) is 5.02 Å². The fourth-order valence-electron chi connectivity index (χ4n) is 2.49. The van der Waals surface area contributed by atoms with Crippen molar-refractivity contribution in [2.24, 2.45) is 0 Å². The van der Waals surface area contributed by atoms with Gasteiger partial charge in [0.05, 0.1) is 20.2 Å². The zero-order chi connectivity index (χ0) is 19.6. The maximum absolute atomic E-state index is 12.2. The van der Waals surface area contributed by atoms with E-state index in [1.165, 1.54) is 0 Å². The molecule has 0 radical (unpaired) electrons. The Kier molecular flexibility index (Phi) is 8.10. The topological polar surface area (TPSA) is 70.7 Å². The molecule has 2 aromatic carbocycles. The molecule has 7 heteroatoms. The van der Waals surface area contributed by atoms with Crippen molar-refractivity contribution < 1.29 is 14.3 Å². The van der Waals surface area contributed by atoms with Gasteiger partial charge in [0, 0.05) is 23.3 Å². The van der Waals surface area contributed by atoms with Gasteiger partial charge in [0.2, 0.25) is 11.8 Å². The number of amides is 2. The lowest BCUT2D eigenvalue weighted by molar-refractivity contribution is -0.123. The number of hydrogen-bond donors (Lipinski definition) is 2. The molecule has 0 saturated carbocycles. The van der Waals surface area contributed by atoms with Gasteiger partial charge in [-0.25, -0.2) is 0 Å². The van der Waals surface area contributed by atoms with Gasteiger partial charge in [-0.1, -0.05) is 36.7 Å². The van der Waals surface area contributed by atoms with Crippen molar-refractivity contribution in [1.29, 1.82) is 0 Å². The number of carbonyl (C=O) groups excluding carboxylic acids is 2. The molecule has 0 aliphatic heterocycles. The molecule has 2 amide bonds. The van der Waals surface area contributed by atoms with Crippen LogP contribution in [0, 0.1) is 0 Å². The summed E-state index contributed by atoms with van der Waals surface area (Å²) in [6.45, 7) is 3.15. The van der Waals surface area contributed by atoms with E-state index in [2.05, 4.69) is 10.6 Å². The monoisotopic (exact) mass is 389 g/mol. The van der Waals surface area contributed by atoms with Crippen molar-refractivity contribution in [3.63, 3.8) is 0 Å². The fraction of sp³-hybridized carbons (Fsp3) is 0.300. The third-order valence-corrected chi connectivity index (χ3v) is 4.15. The Bertz CT molecular complexity index is 783. The van der Waals surface area contributed by atoms with Gasteiger partial charge >= 0.3 is 0 Å². The van der Waals surface area contributed by atoms with E-state index >= 15 is 0 Å². The minimum Gasteiger partial charge on any atom is -0.497 e. The van der Waals surface area contributed by atoms with Gasteiger partial charge in [-0.05, 0) is 36.4 Å². The third kappa shape index (κ3) is 7.29. The molecule has 0 saturated heterocycles. The molecule has 0 aliphatic rings. The highest BCUT2D eigenvalue weighted by atomic mass is 35.5. The number of benzene rings is 2. The molecule has 0 atom stereocenters. The van der Waals surface area contributed by atoms with E-state index in [-0.39, 0.29) is 24.9 Å². The maximum Gasteiger partial charge on any atom is 0.238 e. The molecule has 27 heavy (non-hydrogen) atoms. The van der Waals surface area contributed by atoms with Gasteiger partial charge in [0.25, 0.3) is 0 Å². The molecule has 2 rings (SSSR count). The van der Waals surface area contributed by atoms with Crippen LogP contribution < -0.4 is 15.4 Å². The average Bonchev–Trinajstić information content (AvgIpc) is 2.66. The lowest BCUT2D eigenvalue weighted by Crippen LogP contribution is -2.40. The quantitative estimate of drug-likeness (QED) is 0.691. The summed E-state index contributed by atoms with van der Waals surface area (Å²) in [7, 11) is 1.57. The summed E-state index contributed by atoms with van der Waals surface area (Å²) in [6.07, 6.45) is 0. The molecule has 2 N–H and O–H groups in total. The Morgan fingerprint density at radius 3 is 2.52 bits per heavy atom. The van der Waals surface area contributed by atoms with Crippen LogP contribution in [0.4, 0.5) is 5.69 Å². The van der Waals surface area contributed by atoms with E-state index in [0.717, 1.165) is 5.56 Å². The molecule has 0 unspecified atom stereocenters. The molecule has 144 valence electrons. The van der Waals surface area contributed by atoms with Gasteiger partial charge in [-0.15, -0.1) is 0 Å². The molecule has 0 aliphatic carbocycles. The number of methoxy groups -OCH3 is 1. The number of carbonyl (C=O) groups is 2. The van der Waals surface area contributed by atoms with Gasteiger partial charge in [0.1, 0.15) is 5.75 Å². The first-order valence-electron chi connectivity index (χ1n) is 8.67. The number of hydrogen-bond acceptors (Lipinski definition) is 4. The molecule has 2 aromatic rings. The summed E-state index contributed by atoms with van der Waals surface area (Å²) in [5, 5.41) is 6.28. The smallest absolute Gasteiger partial charge is 0.238 e. The number of rotatable bonds is 9. The first-order valence-corrected chi connectivity index (χ1v) is 9.05. The maximum atomic E-state index is 12.2. The summed E-state index contributed by atoms with van der Waals surface area (Å²) in [6, 6.07) is 14.5. The highest BCUT2D eigenvalue weighted by molar-refractivity contribution is 6.30. The van der Waals surface area contributed by atoms with Crippen molar-refractivity contribution in [1.82, 2.24) is 10.2 Å². The molecule has 0 heterocycles. The van der Waals surface area contributed by atoms with E-state index < -0.39 is 0 Å². The molecule has 0 aromatic heterocycles. The summed E-state index contributed by atoms with van der Waals surface area (Å²) in [5.74, 6) is 0.333. The molecular weight excluding hydrogens is 366 g/mol. The Labute approximate surface area is 164 Å². The highest BCUT2D eigenvalue weighted by Gasteiger charge is 2.13. The van der Waals surface area contributed by atoms with Gasteiger partial charge < -0.3 is 15.4 Å². The largest absolute Gasteiger partial charge is 0.497 e. The molecule has 0 fully saturated rings. The minimum absolute atomic E-state index is 0.123. The number of halogens is 1. The molecular formula is C20H24ClN3O3. The SMILES string of the molecule is CCN(CC(=O)NCc1cccc(Cl)c1)CC(=O)Nc1cccc(OC)c1. The van der Waals surface area contributed by atoms with Gasteiger partial charge in [-0.2, -0.15) is 0 Å². The molecule has 6 nitrogen and oxygen atoms in total. The second-order valence-corrected chi connectivity index (χ2v) is 6.43. The van der Waals surface area contributed by atoms with E-state index in [9.17, 15) is 9.59 Å². The fourth-order valence-corrected chi connectivity index (χ4v) is 2.70. The predicted molar refractivity (Wildman–Crippen MR) is 107 cm³/mol. The lowest BCUT2D eigenvalue weighted by atomic mass is 10.2. The summed E-state index contributed by atoms with van der Waals surface area (Å²) < 4.78 is 5.14. The molecule has 0 spiro atoms. The van der Waals surface area contributed by atoms with Crippen LogP contribution in [0.1, 0.15) is 12.5 Å². The Hall–Kier alpha value is -2.57. The van der Waals surface area contributed by atoms with Crippen LogP contribution in [0.15, 0.2) is 48.5 Å². The molecule has 0 bridgehead atoms. The zero-order valence-corrected chi connectivity index (χ0v) is 16.3. The Morgan fingerprint density at radius 2 is 1.81 bits per heavy atom. The summed E-state index contributed by atoms with van der Waals surface area (Å²) >= 11 is 5.94. The number of likely N-dealkylation sites (N-methyl/N-ethyl adjacent to an activating group) is 1. The second-order valence-electron chi connectivity index (χ2n) is 5.99. The van der Waals surface area contributed by atoms with Crippen molar-refractivity contribution >= 4 is 29.1 Å². The van der Waals surface area contributed by atoms with E-state index in [4.69, 9.17) is 16.3 Å². The standard InChI is InChI=1S/C20H24ClN3O3/c1-3-24(13-19(25)22-12-15-6-4-7-16(21)10-15)14-20(26)23-17-8-5-9-18(11-17)27-2/h4-11H,3,12-14H2,1-2H3,(H,22,25)(H,23,26). The van der Waals surface area contributed by atoms with Crippen LogP contribution in [0.25, 0.3) is 0 Å². The van der Waals surface area contributed by atoms with E-state index in [1.807, 2.05) is 19.1 Å². The van der Waals surface area contributed by atoms with Gasteiger partial charge in [0.15, 0.2) is 0 Å². The highest BCUT2D eigenvalue weighted by Crippen LogP contribution is 2.16. The lowest BCUT2D eigenvalue weighted by Gasteiger charge is -2.19. The first kappa shape index (κ1) is 20.7. The van der Waals surface area contributed by atoms with Gasteiger partial charge in [-0.3, -0.25) is 14.5 Å². The minimum atomic E-state index is -0.187. The average molecular weight is 390 g/mol. The normalized spacial score (nSPS) is 10.5. The van der Waals surface area contributed by atoms with E-state index in [0.29, 0.717) is 29.5 Å². The number of ether oxygens (including phenoxy) is 1. The summed E-state index contributed by atoms with van der Waals surface area (Å²) in [5.41, 5.74) is 1.58. The number of nitrogens with zero attached hydrogens (tertiary/aromatic N) is 1. The van der Waals surface area contributed by atoms with Crippen molar-refractivity contribution in [3.8, 4) is 5.75 Å². The second kappa shape index (κ2) is 10.5. The Balaban J connectivity index is 1.81. The number of anilines is 1.